The lowest BCUT2D eigenvalue weighted by Gasteiger charge is -2.23. The first kappa shape index (κ1) is 73.7. The second-order valence-electron chi connectivity index (χ2n) is 24.9. The summed E-state index contributed by atoms with van der Waals surface area (Å²) in [6, 6.07) is 15.9. The lowest BCUT2D eigenvalue weighted by Crippen LogP contribution is -2.38. The molecule has 0 amide bonds. The first-order valence-electron chi connectivity index (χ1n) is 30.8. The van der Waals surface area contributed by atoms with Crippen LogP contribution < -0.4 is 31.4 Å². The summed E-state index contributed by atoms with van der Waals surface area (Å²) in [5.74, 6) is -3.94. The van der Waals surface area contributed by atoms with Crippen molar-refractivity contribution >= 4 is 34.3 Å². The number of imidazole rings is 3. The van der Waals surface area contributed by atoms with Crippen molar-refractivity contribution in [3.05, 3.63) is 194 Å². The van der Waals surface area contributed by atoms with Crippen molar-refractivity contribution in [1.29, 1.82) is 0 Å². The Morgan fingerprint density at radius 2 is 0.737 bits per heavy atom. The molecule has 0 radical (unpaired) electrons. The molecule has 510 valence electrons. The van der Waals surface area contributed by atoms with Gasteiger partial charge in [0.25, 0.3) is 0 Å². The van der Waals surface area contributed by atoms with E-state index in [4.69, 9.17) is 31.4 Å². The number of Topliss-reactive ketones (excluding diaryl/α,β-unsaturated/α-hetero) is 3. The molecule has 6 heterocycles. The number of hydrogen-bond acceptors (Lipinski definition) is 12. The van der Waals surface area contributed by atoms with Gasteiger partial charge >= 0.3 is 0 Å². The fourth-order valence-corrected chi connectivity index (χ4v) is 10.8. The number of carbonyl (C=O) groups is 3. The topological polar surface area (TPSA) is 209 Å². The number of nitrogens with two attached hydrogens (primary N) is 3. The molecule has 0 fully saturated rings. The Kier molecular flexibility index (Phi) is 24.6. The normalized spacial score (nSPS) is 13.4. The van der Waals surface area contributed by atoms with Crippen LogP contribution >= 0.6 is 0 Å². The number of halogens is 10. The van der Waals surface area contributed by atoms with E-state index in [9.17, 15) is 58.3 Å². The zero-order chi connectivity index (χ0) is 69.9. The summed E-state index contributed by atoms with van der Waals surface area (Å²) in [5.41, 5.74) is 20.9. The molecular weight excluding hydrogens is 1250 g/mol. The summed E-state index contributed by atoms with van der Waals surface area (Å²) in [7, 11) is 0. The molecule has 3 atom stereocenters. The predicted molar refractivity (Wildman–Crippen MR) is 341 cm³/mol. The minimum absolute atomic E-state index is 0.0288. The molecule has 0 aliphatic heterocycles. The molecule has 15 nitrogen and oxygen atoms in total. The van der Waals surface area contributed by atoms with Crippen LogP contribution in [0, 0.1) is 76.4 Å². The SMILES string of the molecule is Cc1cc(OCc2c(F)cccc2F)c2nc(C)c(C(=O)CCC(C)(N)CC(F)F)n2c1.Cc1cc(OCc2c(F)cccc2F)c2nc(C)c(C(=O)CCC(C)(N)CCCF)n2c1.Cc1cc(OCc2c(F)cccc2F)c2nc(C)c(C(=O)CCC(C)(N)CCF)n2c1. The van der Waals surface area contributed by atoms with Crippen molar-refractivity contribution in [3.63, 3.8) is 0 Å². The highest BCUT2D eigenvalue weighted by Gasteiger charge is 2.29. The van der Waals surface area contributed by atoms with E-state index in [1.807, 2.05) is 20.8 Å². The van der Waals surface area contributed by atoms with E-state index in [-0.39, 0.29) is 91.7 Å². The van der Waals surface area contributed by atoms with Gasteiger partial charge in [0.2, 0.25) is 6.43 Å². The molecule has 6 aromatic heterocycles. The molecule has 0 aliphatic carbocycles. The van der Waals surface area contributed by atoms with Gasteiger partial charge in [-0.3, -0.25) is 36.4 Å². The highest BCUT2D eigenvalue weighted by Crippen LogP contribution is 2.32. The molecule has 0 spiro atoms. The molecule has 0 bridgehead atoms. The van der Waals surface area contributed by atoms with Crippen LogP contribution in [-0.4, -0.2) is 81.9 Å². The smallest absolute Gasteiger partial charge is 0.240 e. The second kappa shape index (κ2) is 31.7. The molecule has 0 saturated carbocycles. The third-order valence-corrected chi connectivity index (χ3v) is 16.0. The average Bonchev–Trinajstić information content (AvgIpc) is 1.66. The molecule has 0 saturated heterocycles. The second-order valence-corrected chi connectivity index (χ2v) is 24.9. The van der Waals surface area contributed by atoms with Crippen molar-refractivity contribution in [2.75, 3.05) is 13.3 Å². The lowest BCUT2D eigenvalue weighted by molar-refractivity contribution is 0.0908. The molecule has 3 aromatic carbocycles. The summed E-state index contributed by atoms with van der Waals surface area (Å²) in [5, 5.41) is 0. The van der Waals surface area contributed by atoms with Crippen LogP contribution in [0.1, 0.15) is 167 Å². The van der Waals surface area contributed by atoms with E-state index in [0.717, 1.165) is 41.0 Å². The zero-order valence-corrected chi connectivity index (χ0v) is 54.5. The van der Waals surface area contributed by atoms with Crippen LogP contribution in [0.15, 0.2) is 91.4 Å². The molecule has 0 aliphatic rings. The van der Waals surface area contributed by atoms with Gasteiger partial charge in [-0.1, -0.05) is 18.2 Å². The maximum Gasteiger partial charge on any atom is 0.240 e. The van der Waals surface area contributed by atoms with E-state index >= 15 is 0 Å². The number of alkyl halides is 4. The minimum Gasteiger partial charge on any atom is -0.485 e. The number of benzene rings is 3. The Bertz CT molecular complexity index is 4160. The van der Waals surface area contributed by atoms with Gasteiger partial charge in [-0.15, -0.1) is 0 Å². The number of nitrogens with zero attached hydrogens (tertiary/aromatic N) is 6. The Morgan fingerprint density at radius 1 is 0.453 bits per heavy atom. The van der Waals surface area contributed by atoms with Crippen molar-refractivity contribution < 1.29 is 72.5 Å². The molecular formula is C70H79F10N9O6. The first-order valence-corrected chi connectivity index (χ1v) is 30.8. The Labute approximate surface area is 544 Å². The molecule has 9 rings (SSSR count). The third-order valence-electron chi connectivity index (χ3n) is 16.0. The van der Waals surface area contributed by atoms with Gasteiger partial charge < -0.3 is 31.4 Å². The van der Waals surface area contributed by atoms with Crippen molar-refractivity contribution in [3.8, 4) is 17.2 Å². The number of ketones is 3. The van der Waals surface area contributed by atoms with E-state index < -0.39 is 77.7 Å². The van der Waals surface area contributed by atoms with Gasteiger partial charge in [0, 0.05) is 60.9 Å². The Hall–Kier alpha value is -8.68. The van der Waals surface area contributed by atoms with E-state index in [1.54, 1.807) is 84.6 Å². The average molecular weight is 1330 g/mol. The summed E-state index contributed by atoms with van der Waals surface area (Å²) in [4.78, 5) is 52.2. The van der Waals surface area contributed by atoms with E-state index in [1.165, 1.54) is 37.3 Å². The maximum atomic E-state index is 14.0. The molecule has 25 heteroatoms. The van der Waals surface area contributed by atoms with E-state index in [2.05, 4.69) is 15.0 Å². The molecule has 9 aromatic rings. The number of fused-ring (bicyclic) bond motifs is 3. The van der Waals surface area contributed by atoms with Gasteiger partial charge in [-0.05, 0) is 172 Å². The van der Waals surface area contributed by atoms with E-state index in [0.29, 0.717) is 88.3 Å². The molecule has 95 heavy (non-hydrogen) atoms. The number of pyridine rings is 3. The van der Waals surface area contributed by atoms with Gasteiger partial charge in [-0.25, -0.2) is 50.1 Å². The van der Waals surface area contributed by atoms with Gasteiger partial charge in [0.05, 0.1) is 47.1 Å². The van der Waals surface area contributed by atoms with Crippen LogP contribution in [0.5, 0.6) is 17.2 Å². The third kappa shape index (κ3) is 19.1. The van der Waals surface area contributed by atoms with Gasteiger partial charge in [-0.2, -0.15) is 0 Å². The Balaban J connectivity index is 0.000000201. The number of carbonyl (C=O) groups excluding carboxylic acids is 3. The number of rotatable bonds is 28. The monoisotopic (exact) mass is 1330 g/mol. The molecule has 3 unspecified atom stereocenters. The number of aryl methyl sites for hydroxylation is 6. The summed E-state index contributed by atoms with van der Waals surface area (Å²) < 4.78 is 156. The van der Waals surface area contributed by atoms with Crippen LogP contribution in [0.3, 0.4) is 0 Å². The first-order chi connectivity index (χ1) is 44.7. The minimum atomic E-state index is -2.56. The molecule has 6 N–H and O–H groups in total. The number of ether oxygens (including phenoxy) is 3. The number of aromatic nitrogens is 6. The maximum absolute atomic E-state index is 14.0. The summed E-state index contributed by atoms with van der Waals surface area (Å²) in [6.07, 6.45) is 4.33. The fourth-order valence-electron chi connectivity index (χ4n) is 10.8. The highest BCUT2D eigenvalue weighted by atomic mass is 19.3. The summed E-state index contributed by atoms with van der Waals surface area (Å²) in [6.45, 7) is 13.6. The highest BCUT2D eigenvalue weighted by molar-refractivity contribution is 5.98. The van der Waals surface area contributed by atoms with Crippen LogP contribution in [0.25, 0.3) is 16.9 Å². The standard InChI is InChI=1S/C24H28F3N3O2.C23H25F4N3O2.C23H26F3N3O2/c1-15-12-21(32-14-17-18(26)6-4-7-19(17)27)23-29-16(2)22(30(23)13-15)20(31)8-10-24(3,28)9-5-11-25;1-13-9-19(32-12-15-16(24)5-4-6-17(15)25)22-29-14(2)21(30(22)11-13)18(31)7-8-23(3,28)10-20(26)27;1-14-11-20(31-13-16-17(25)5-4-6-18(16)26)22-28-15(2)21(29(22)12-14)19(30)7-8-23(3,27)9-10-24/h4,6-7,12-13H,5,8-11,14,28H2,1-3H3;4-6,9,11,20H,7-8,10,12,28H2,1-3H3;4-6,11-12H,7-10,13,27H2,1-3H3. The fraction of sp³-hybridized carbons (Fsp3) is 0.400. The Morgan fingerprint density at radius 3 is 1.01 bits per heavy atom. The largest absolute Gasteiger partial charge is 0.485 e. The van der Waals surface area contributed by atoms with Crippen molar-refractivity contribution in [2.45, 2.75) is 169 Å². The predicted octanol–water partition coefficient (Wildman–Crippen LogP) is 15.2. The van der Waals surface area contributed by atoms with Crippen LogP contribution in [0.2, 0.25) is 0 Å². The van der Waals surface area contributed by atoms with Crippen LogP contribution in [-0.2, 0) is 19.8 Å². The quantitative estimate of drug-likeness (QED) is 0.0309. The van der Waals surface area contributed by atoms with Crippen LogP contribution in [0.4, 0.5) is 43.9 Å². The van der Waals surface area contributed by atoms with Gasteiger partial charge in [0.1, 0.15) is 71.8 Å². The van der Waals surface area contributed by atoms with Crippen molar-refractivity contribution in [1.82, 2.24) is 28.2 Å². The van der Waals surface area contributed by atoms with Gasteiger partial charge in [0.15, 0.2) is 51.5 Å². The number of hydrogen-bond donors (Lipinski definition) is 3. The van der Waals surface area contributed by atoms with Crippen molar-refractivity contribution in [2.24, 2.45) is 17.2 Å². The lowest BCUT2D eigenvalue weighted by atomic mass is 9.90. The summed E-state index contributed by atoms with van der Waals surface area (Å²) >= 11 is 0. The zero-order valence-electron chi connectivity index (χ0n) is 54.5.